The Morgan fingerprint density at radius 1 is 1.48 bits per heavy atom. The van der Waals surface area contributed by atoms with Crippen molar-refractivity contribution in [1.29, 1.82) is 5.41 Å². The highest BCUT2D eigenvalue weighted by Crippen LogP contribution is 2.33. The first-order chi connectivity index (χ1) is 11.2. The van der Waals surface area contributed by atoms with Crippen LogP contribution in [0.15, 0.2) is 22.7 Å². The molecule has 0 radical (unpaired) electrons. The topological polar surface area (TPSA) is 97.8 Å². The van der Waals surface area contributed by atoms with E-state index in [-0.39, 0.29) is 24.8 Å². The van der Waals surface area contributed by atoms with Gasteiger partial charge in [0.05, 0.1) is 12.3 Å². The number of fused-ring (bicyclic) bond motifs is 2. The van der Waals surface area contributed by atoms with Gasteiger partial charge in [-0.2, -0.15) is 9.68 Å². The van der Waals surface area contributed by atoms with Crippen molar-refractivity contribution in [3.63, 3.8) is 0 Å². The molecule has 0 fully saturated rings. The SMILES string of the molecule is N=C1N=C=[N+]=C2C1=C(c1ccc3c(c1F)CCN3)NN2CCO. The summed E-state index contributed by atoms with van der Waals surface area (Å²) in [7, 11) is 0. The molecule has 116 valence electrons. The number of nitrogens with one attached hydrogen (secondary N) is 3. The molecule has 3 aliphatic rings. The van der Waals surface area contributed by atoms with Gasteiger partial charge in [-0.1, -0.05) is 0 Å². The molecule has 1 aromatic carbocycles. The highest BCUT2D eigenvalue weighted by Gasteiger charge is 2.41. The molecule has 0 amide bonds. The lowest BCUT2D eigenvalue weighted by atomic mass is 10.0. The van der Waals surface area contributed by atoms with E-state index in [0.29, 0.717) is 41.2 Å². The smallest absolute Gasteiger partial charge is 0.358 e. The molecule has 0 atom stereocenters. The second kappa shape index (κ2) is 5.07. The summed E-state index contributed by atoms with van der Waals surface area (Å²) in [6.07, 6.45) is 0.627. The van der Waals surface area contributed by atoms with E-state index in [1.807, 2.05) is 6.07 Å². The molecule has 0 bridgehead atoms. The molecule has 0 spiro atoms. The van der Waals surface area contributed by atoms with E-state index in [4.69, 9.17) is 5.41 Å². The molecule has 23 heavy (non-hydrogen) atoms. The van der Waals surface area contributed by atoms with Crippen molar-refractivity contribution >= 4 is 29.1 Å². The Bertz CT molecular complexity index is 861. The van der Waals surface area contributed by atoms with Crippen molar-refractivity contribution in [2.45, 2.75) is 6.42 Å². The number of halogens is 1. The molecule has 3 aliphatic heterocycles. The maximum Gasteiger partial charge on any atom is 0.358 e. The van der Waals surface area contributed by atoms with Crippen LogP contribution in [0, 0.1) is 11.2 Å². The molecule has 8 heteroatoms. The van der Waals surface area contributed by atoms with E-state index in [2.05, 4.69) is 26.4 Å². The van der Waals surface area contributed by atoms with E-state index < -0.39 is 0 Å². The highest BCUT2D eigenvalue weighted by atomic mass is 19.1. The summed E-state index contributed by atoms with van der Waals surface area (Å²) in [5.41, 5.74) is 5.72. The fourth-order valence-electron chi connectivity index (χ4n) is 3.01. The van der Waals surface area contributed by atoms with Gasteiger partial charge >= 0.3 is 11.8 Å². The van der Waals surface area contributed by atoms with Crippen LogP contribution in [-0.4, -0.2) is 47.5 Å². The van der Waals surface area contributed by atoms with Gasteiger partial charge in [-0.3, -0.25) is 5.41 Å². The Morgan fingerprint density at radius 2 is 2.35 bits per heavy atom. The fraction of sp³-hybridized carbons (Fsp3) is 0.267. The zero-order valence-electron chi connectivity index (χ0n) is 12.1. The predicted octanol–water partition coefficient (Wildman–Crippen LogP) is -0.0522. The highest BCUT2D eigenvalue weighted by molar-refractivity contribution is 6.30. The van der Waals surface area contributed by atoms with Crippen molar-refractivity contribution in [2.75, 3.05) is 25.0 Å². The van der Waals surface area contributed by atoms with Gasteiger partial charge in [0, 0.05) is 23.4 Å². The minimum Gasteiger partial charge on any atom is -0.393 e. The van der Waals surface area contributed by atoms with Crippen molar-refractivity contribution in [3.05, 3.63) is 34.6 Å². The number of rotatable bonds is 3. The predicted molar refractivity (Wildman–Crippen MR) is 84.7 cm³/mol. The fourth-order valence-corrected chi connectivity index (χ4v) is 3.01. The summed E-state index contributed by atoms with van der Waals surface area (Å²) >= 11 is 0. The summed E-state index contributed by atoms with van der Waals surface area (Å²) in [6.45, 7) is 0.871. The quantitative estimate of drug-likeness (QED) is 0.588. The van der Waals surface area contributed by atoms with Crippen LogP contribution in [-0.2, 0) is 6.42 Å². The van der Waals surface area contributed by atoms with Crippen LogP contribution in [0.5, 0.6) is 0 Å². The lowest BCUT2D eigenvalue weighted by molar-refractivity contribution is 0.237. The van der Waals surface area contributed by atoms with Crippen LogP contribution in [0.4, 0.5) is 10.1 Å². The summed E-state index contributed by atoms with van der Waals surface area (Å²) < 4.78 is 18.9. The van der Waals surface area contributed by atoms with Crippen LogP contribution in [0.3, 0.4) is 0 Å². The average molecular weight is 313 g/mol. The maximum atomic E-state index is 14.9. The molecule has 7 nitrogen and oxygen atoms in total. The number of aliphatic hydroxyl groups excluding tert-OH is 1. The number of aliphatic imine (C=N–C) groups is 1. The van der Waals surface area contributed by atoms with E-state index in [0.717, 1.165) is 5.69 Å². The van der Waals surface area contributed by atoms with E-state index in [1.165, 1.54) is 0 Å². The minimum atomic E-state index is -0.306. The van der Waals surface area contributed by atoms with Gasteiger partial charge in [0.2, 0.25) is 0 Å². The zero-order valence-corrected chi connectivity index (χ0v) is 12.1. The lowest BCUT2D eigenvalue weighted by Crippen LogP contribution is -2.40. The molecule has 0 saturated heterocycles. The third-order valence-corrected chi connectivity index (χ3v) is 4.06. The molecule has 3 heterocycles. The third kappa shape index (κ3) is 1.98. The van der Waals surface area contributed by atoms with Gasteiger partial charge in [0.15, 0.2) is 5.57 Å². The number of hydrogen-bond acceptors (Lipinski definition) is 5. The Kier molecular flexibility index (Phi) is 3.02. The average Bonchev–Trinajstić information content (AvgIpc) is 3.15. The van der Waals surface area contributed by atoms with Gasteiger partial charge in [-0.25, -0.2) is 9.82 Å². The van der Waals surface area contributed by atoms with Crippen molar-refractivity contribution in [3.8, 4) is 0 Å². The van der Waals surface area contributed by atoms with Crippen LogP contribution < -0.4 is 15.4 Å². The van der Waals surface area contributed by atoms with Crippen LogP contribution >= 0.6 is 0 Å². The Hall–Kier alpha value is -2.92. The summed E-state index contributed by atoms with van der Waals surface area (Å²) in [5.74, 6) is 0.0852. The molecule has 4 N–H and O–H groups in total. The largest absolute Gasteiger partial charge is 0.393 e. The number of hydrazine groups is 1. The molecule has 0 aliphatic carbocycles. The van der Waals surface area contributed by atoms with Crippen molar-refractivity contribution < 1.29 is 9.50 Å². The van der Waals surface area contributed by atoms with Gasteiger partial charge in [-0.05, 0) is 23.5 Å². The third-order valence-electron chi connectivity index (χ3n) is 4.06. The molecule has 1 aromatic rings. The van der Waals surface area contributed by atoms with Crippen LogP contribution in [0.2, 0.25) is 0 Å². The van der Waals surface area contributed by atoms with E-state index in [1.54, 1.807) is 11.1 Å². The number of aliphatic hydroxyl groups is 1. The van der Waals surface area contributed by atoms with Crippen LogP contribution in [0.1, 0.15) is 11.1 Å². The standard InChI is InChI=1S/C15H13FN6O/c16-12-8-3-4-18-10(8)2-1-9(12)13-11-14(17)19-7-20-15(11)22(21-13)5-6-23/h1-2,17,23H,3-6H2,(H,18,21)/p+1. The molecule has 0 aromatic heterocycles. The second-order valence-corrected chi connectivity index (χ2v) is 5.36. The van der Waals surface area contributed by atoms with Crippen LogP contribution in [0.25, 0.3) is 5.70 Å². The van der Waals surface area contributed by atoms with Gasteiger partial charge in [0.1, 0.15) is 12.4 Å². The Balaban J connectivity index is 1.88. The maximum absolute atomic E-state index is 14.9. The molecule has 0 saturated carbocycles. The normalized spacial score (nSPS) is 17.9. The van der Waals surface area contributed by atoms with Crippen molar-refractivity contribution in [2.24, 2.45) is 4.99 Å². The molecule has 0 unspecified atom stereocenters. The summed E-state index contributed by atoms with van der Waals surface area (Å²) in [6, 6.07) is 5.92. The first kappa shape index (κ1) is 13.7. The number of amidine groups is 2. The molecular weight excluding hydrogens is 299 g/mol. The molecular formula is C15H14FN6O+. The van der Waals surface area contributed by atoms with Crippen molar-refractivity contribution in [1.82, 2.24) is 15.1 Å². The Morgan fingerprint density at radius 3 is 3.17 bits per heavy atom. The number of hydrogen-bond donors (Lipinski definition) is 4. The van der Waals surface area contributed by atoms with E-state index >= 15 is 0 Å². The number of nitrogens with zero attached hydrogens (tertiary/aromatic N) is 3. The number of β-amino-alcohol motifs (C(OH)–C–C–N with tert-alkyl or cyclic N) is 1. The second-order valence-electron chi connectivity index (χ2n) is 5.36. The van der Waals surface area contributed by atoms with E-state index in [9.17, 15) is 9.50 Å². The van der Waals surface area contributed by atoms with Gasteiger partial charge in [0.25, 0.3) is 5.84 Å². The lowest BCUT2D eigenvalue weighted by Gasteiger charge is -2.13. The van der Waals surface area contributed by atoms with Gasteiger partial charge < -0.3 is 10.4 Å². The summed E-state index contributed by atoms with van der Waals surface area (Å²) in [4.78, 5) is 3.77. The first-order valence-corrected chi connectivity index (χ1v) is 7.28. The zero-order chi connectivity index (χ0) is 16.0. The van der Waals surface area contributed by atoms with Gasteiger partial charge in [-0.15, -0.1) is 0 Å². The molecule has 4 rings (SSSR count). The summed E-state index contributed by atoms with van der Waals surface area (Å²) in [5, 5.41) is 21.9. The monoisotopic (exact) mass is 313 g/mol. The first-order valence-electron chi connectivity index (χ1n) is 7.28. The minimum absolute atomic E-state index is 0.0315. The number of anilines is 1. The number of benzene rings is 1. The Labute approximate surface area is 131 Å².